The van der Waals surface area contributed by atoms with E-state index < -0.39 is 24.0 Å². The van der Waals surface area contributed by atoms with Crippen LogP contribution in [0, 0.1) is 0 Å². The van der Waals surface area contributed by atoms with E-state index in [1.54, 1.807) is 0 Å². The maximum atomic E-state index is 12.0. The van der Waals surface area contributed by atoms with Gasteiger partial charge in [0.05, 0.1) is 13.7 Å². The molecule has 0 spiro atoms. The number of methoxy groups -OCH3 is 2. The van der Waals surface area contributed by atoms with Gasteiger partial charge < -0.3 is 20.5 Å². The van der Waals surface area contributed by atoms with Crippen LogP contribution < -0.4 is 11.1 Å². The van der Waals surface area contributed by atoms with Gasteiger partial charge in [0.15, 0.2) is 0 Å². The van der Waals surface area contributed by atoms with Gasteiger partial charge in [0.25, 0.3) is 0 Å². The Bertz CT molecular complexity index is 717. The minimum atomic E-state index is -0.834. The second-order valence-electron chi connectivity index (χ2n) is 5.53. The Hall–Kier alpha value is -2.44. The summed E-state index contributed by atoms with van der Waals surface area (Å²) in [6.07, 6.45) is 0.322. The topological polar surface area (TPSA) is 90.6 Å². The lowest BCUT2D eigenvalue weighted by Crippen LogP contribution is -2.51. The number of hydrogen-bond donors (Lipinski definition) is 2. The first-order valence-electron chi connectivity index (χ1n) is 7.65. The van der Waals surface area contributed by atoms with Gasteiger partial charge in [-0.25, -0.2) is 4.79 Å². The number of benzene rings is 2. The first-order valence-corrected chi connectivity index (χ1v) is 7.65. The van der Waals surface area contributed by atoms with Crippen LogP contribution in [-0.4, -0.2) is 44.8 Å². The van der Waals surface area contributed by atoms with E-state index >= 15 is 0 Å². The maximum Gasteiger partial charge on any atom is 0.328 e. The second-order valence-corrected chi connectivity index (χ2v) is 5.53. The molecule has 0 bridgehead atoms. The number of rotatable bonds is 7. The standard InChI is InChI=1S/C18H22N2O4/c1-23-11-15(19)17(21)20-16(18(22)24-2)10-12-7-8-13-5-3-4-6-14(13)9-12/h3-9,15-16H,10-11,19H2,1-2H3,(H,20,21)/t15-,16-/m0/s1. The fourth-order valence-corrected chi connectivity index (χ4v) is 2.47. The van der Waals surface area contributed by atoms with Crippen molar-refractivity contribution in [2.24, 2.45) is 5.73 Å². The summed E-state index contributed by atoms with van der Waals surface area (Å²) in [6, 6.07) is 12.2. The Morgan fingerprint density at radius 1 is 1.12 bits per heavy atom. The normalized spacial score (nSPS) is 13.3. The van der Waals surface area contributed by atoms with Gasteiger partial charge in [-0.15, -0.1) is 0 Å². The van der Waals surface area contributed by atoms with Crippen LogP contribution >= 0.6 is 0 Å². The number of ether oxygens (including phenoxy) is 2. The number of amides is 1. The van der Waals surface area contributed by atoms with Crippen LogP contribution in [0.3, 0.4) is 0 Å². The molecule has 0 heterocycles. The third-order valence-corrected chi connectivity index (χ3v) is 3.74. The molecular weight excluding hydrogens is 308 g/mol. The highest BCUT2D eigenvalue weighted by atomic mass is 16.5. The molecule has 128 valence electrons. The molecule has 2 aromatic carbocycles. The van der Waals surface area contributed by atoms with Gasteiger partial charge >= 0.3 is 5.97 Å². The lowest BCUT2D eigenvalue weighted by Gasteiger charge is -2.19. The fourth-order valence-electron chi connectivity index (χ4n) is 2.47. The number of nitrogens with two attached hydrogens (primary N) is 1. The van der Waals surface area contributed by atoms with Crippen LogP contribution in [0.2, 0.25) is 0 Å². The van der Waals surface area contributed by atoms with E-state index in [0.717, 1.165) is 16.3 Å². The van der Waals surface area contributed by atoms with Crippen molar-refractivity contribution in [2.75, 3.05) is 20.8 Å². The molecule has 6 heteroatoms. The van der Waals surface area contributed by atoms with Gasteiger partial charge in [-0.1, -0.05) is 42.5 Å². The predicted octanol–water partition coefficient (Wildman–Crippen LogP) is 1.01. The fraction of sp³-hybridized carbons (Fsp3) is 0.333. The quantitative estimate of drug-likeness (QED) is 0.740. The number of fused-ring (bicyclic) bond motifs is 1. The van der Waals surface area contributed by atoms with E-state index in [1.165, 1.54) is 14.2 Å². The SMILES string of the molecule is COC[C@H](N)C(=O)N[C@@H](Cc1ccc2ccccc2c1)C(=O)OC. The van der Waals surface area contributed by atoms with Gasteiger partial charge in [-0.05, 0) is 16.3 Å². The third-order valence-electron chi connectivity index (χ3n) is 3.74. The molecule has 0 radical (unpaired) electrons. The summed E-state index contributed by atoms with van der Waals surface area (Å²) in [5.74, 6) is -0.964. The highest BCUT2D eigenvalue weighted by Gasteiger charge is 2.24. The van der Waals surface area contributed by atoms with Crippen LogP contribution in [-0.2, 0) is 25.5 Å². The van der Waals surface area contributed by atoms with Crippen LogP contribution in [0.5, 0.6) is 0 Å². The summed E-state index contributed by atoms with van der Waals surface area (Å²) in [5, 5.41) is 4.81. The van der Waals surface area contributed by atoms with Crippen molar-refractivity contribution in [3.05, 3.63) is 48.0 Å². The third kappa shape index (κ3) is 4.53. The molecule has 0 saturated carbocycles. The molecule has 24 heavy (non-hydrogen) atoms. The molecule has 3 N–H and O–H groups in total. The summed E-state index contributed by atoms with van der Waals surface area (Å²) in [4.78, 5) is 24.0. The molecular formula is C18H22N2O4. The van der Waals surface area contributed by atoms with E-state index in [9.17, 15) is 9.59 Å². The van der Waals surface area contributed by atoms with Gasteiger partial charge in [0.1, 0.15) is 12.1 Å². The number of nitrogens with one attached hydrogen (secondary N) is 1. The van der Waals surface area contributed by atoms with E-state index in [4.69, 9.17) is 15.2 Å². The number of hydrogen-bond acceptors (Lipinski definition) is 5. The minimum Gasteiger partial charge on any atom is -0.467 e. The molecule has 1 amide bonds. The molecule has 0 aliphatic heterocycles. The van der Waals surface area contributed by atoms with Gasteiger partial charge in [-0.2, -0.15) is 0 Å². The average Bonchev–Trinajstić information content (AvgIpc) is 2.60. The van der Waals surface area contributed by atoms with Crippen molar-refractivity contribution in [1.29, 1.82) is 0 Å². The largest absolute Gasteiger partial charge is 0.467 e. The van der Waals surface area contributed by atoms with Crippen LogP contribution in [0.4, 0.5) is 0 Å². The predicted molar refractivity (Wildman–Crippen MR) is 91.5 cm³/mol. The molecule has 0 saturated heterocycles. The molecule has 2 rings (SSSR count). The first-order chi connectivity index (χ1) is 11.5. The van der Waals surface area contributed by atoms with Crippen molar-refractivity contribution in [3.8, 4) is 0 Å². The Morgan fingerprint density at radius 2 is 1.83 bits per heavy atom. The summed E-state index contributed by atoms with van der Waals surface area (Å²) < 4.78 is 9.64. The average molecular weight is 330 g/mol. The monoisotopic (exact) mass is 330 g/mol. The Balaban J connectivity index is 2.15. The highest BCUT2D eigenvalue weighted by molar-refractivity contribution is 5.88. The lowest BCUT2D eigenvalue weighted by molar-refractivity contribution is -0.145. The molecule has 0 aliphatic carbocycles. The maximum absolute atomic E-state index is 12.0. The van der Waals surface area contributed by atoms with Crippen LogP contribution in [0.15, 0.2) is 42.5 Å². The highest BCUT2D eigenvalue weighted by Crippen LogP contribution is 2.17. The smallest absolute Gasteiger partial charge is 0.328 e. The Kier molecular flexibility index (Phi) is 6.28. The number of carbonyl (C=O) groups is 2. The zero-order valence-corrected chi connectivity index (χ0v) is 13.8. The van der Waals surface area contributed by atoms with E-state index in [-0.39, 0.29) is 6.61 Å². The van der Waals surface area contributed by atoms with Crippen molar-refractivity contribution < 1.29 is 19.1 Å². The van der Waals surface area contributed by atoms with E-state index in [2.05, 4.69) is 5.32 Å². The van der Waals surface area contributed by atoms with E-state index in [1.807, 2.05) is 42.5 Å². The van der Waals surface area contributed by atoms with Crippen molar-refractivity contribution in [2.45, 2.75) is 18.5 Å². The zero-order chi connectivity index (χ0) is 17.5. The number of esters is 1. The van der Waals surface area contributed by atoms with Crippen molar-refractivity contribution in [1.82, 2.24) is 5.32 Å². The minimum absolute atomic E-state index is 0.0791. The summed E-state index contributed by atoms with van der Waals surface area (Å²) in [6.45, 7) is 0.0791. The Labute approximate surface area is 140 Å². The summed E-state index contributed by atoms with van der Waals surface area (Å²) in [7, 11) is 2.75. The second kappa shape index (κ2) is 8.42. The number of carbonyl (C=O) groups excluding carboxylic acids is 2. The summed E-state index contributed by atoms with van der Waals surface area (Å²) in [5.41, 5.74) is 6.62. The van der Waals surface area contributed by atoms with Crippen molar-refractivity contribution in [3.63, 3.8) is 0 Å². The molecule has 2 atom stereocenters. The molecule has 0 aliphatic rings. The first kappa shape index (κ1) is 17.9. The van der Waals surface area contributed by atoms with Gasteiger partial charge in [0.2, 0.25) is 5.91 Å². The molecule has 0 unspecified atom stereocenters. The molecule has 2 aromatic rings. The molecule has 0 fully saturated rings. The van der Waals surface area contributed by atoms with Crippen molar-refractivity contribution >= 4 is 22.6 Å². The molecule has 0 aromatic heterocycles. The van der Waals surface area contributed by atoms with E-state index in [0.29, 0.717) is 6.42 Å². The van der Waals surface area contributed by atoms with Crippen LogP contribution in [0.1, 0.15) is 5.56 Å². The van der Waals surface area contributed by atoms with Gasteiger partial charge in [-0.3, -0.25) is 4.79 Å². The summed E-state index contributed by atoms with van der Waals surface area (Å²) >= 11 is 0. The lowest BCUT2D eigenvalue weighted by atomic mass is 10.0. The Morgan fingerprint density at radius 3 is 2.50 bits per heavy atom. The van der Waals surface area contributed by atoms with Crippen LogP contribution in [0.25, 0.3) is 10.8 Å². The zero-order valence-electron chi connectivity index (χ0n) is 13.8. The molecule has 6 nitrogen and oxygen atoms in total. The van der Waals surface area contributed by atoms with Gasteiger partial charge in [0, 0.05) is 13.5 Å².